The van der Waals surface area contributed by atoms with Gasteiger partial charge in [0.15, 0.2) is 0 Å². The van der Waals surface area contributed by atoms with Crippen molar-refractivity contribution in [2.45, 2.75) is 38.3 Å². The molecule has 3 N–H and O–H groups in total. The third-order valence-electron chi connectivity index (χ3n) is 4.34. The first kappa shape index (κ1) is 14.8. The predicted molar refractivity (Wildman–Crippen MR) is 85.4 cm³/mol. The molecule has 3 rings (SSSR count). The molecule has 5 nitrogen and oxygen atoms in total. The molecule has 1 amide bonds. The lowest BCUT2D eigenvalue weighted by Crippen LogP contribution is -2.32. The van der Waals surface area contributed by atoms with Crippen LogP contribution >= 0.6 is 0 Å². The van der Waals surface area contributed by atoms with Crippen molar-refractivity contribution in [3.63, 3.8) is 0 Å². The van der Waals surface area contributed by atoms with Crippen molar-refractivity contribution in [3.05, 3.63) is 48.3 Å². The summed E-state index contributed by atoms with van der Waals surface area (Å²) in [6.45, 7) is 2.01. The third-order valence-corrected chi connectivity index (χ3v) is 4.34. The summed E-state index contributed by atoms with van der Waals surface area (Å²) in [6, 6.07) is 10.1. The zero-order valence-corrected chi connectivity index (χ0v) is 12.8. The third kappa shape index (κ3) is 3.20. The highest BCUT2D eigenvalue weighted by Gasteiger charge is 2.28. The molecule has 22 heavy (non-hydrogen) atoms. The first-order chi connectivity index (χ1) is 10.6. The molecule has 116 valence electrons. The molecule has 5 heteroatoms. The van der Waals surface area contributed by atoms with Gasteiger partial charge in [0, 0.05) is 24.4 Å². The van der Waals surface area contributed by atoms with E-state index in [1.807, 2.05) is 42.1 Å². The van der Waals surface area contributed by atoms with Crippen molar-refractivity contribution in [2.75, 3.05) is 0 Å². The summed E-state index contributed by atoms with van der Waals surface area (Å²) in [6.07, 6.45) is 6.30. The fraction of sp³-hybridized carbons (Fsp3) is 0.412. The largest absolute Gasteiger partial charge is 0.349 e. The Morgan fingerprint density at radius 3 is 2.95 bits per heavy atom. The van der Waals surface area contributed by atoms with E-state index in [4.69, 9.17) is 5.73 Å². The highest BCUT2D eigenvalue weighted by atomic mass is 16.1. The number of carbonyl (C=O) groups is 1. The number of hydrogen-bond acceptors (Lipinski definition) is 3. The van der Waals surface area contributed by atoms with Gasteiger partial charge in [-0.1, -0.05) is 12.1 Å². The minimum Gasteiger partial charge on any atom is -0.349 e. The number of aromatic nitrogens is 2. The summed E-state index contributed by atoms with van der Waals surface area (Å²) in [5.41, 5.74) is 7.95. The number of benzene rings is 1. The normalized spacial score (nSPS) is 22.5. The molecule has 3 unspecified atom stereocenters. The van der Waals surface area contributed by atoms with E-state index in [2.05, 4.69) is 16.5 Å². The van der Waals surface area contributed by atoms with Crippen LogP contribution in [0.25, 0.3) is 5.69 Å². The van der Waals surface area contributed by atoms with Crippen molar-refractivity contribution in [1.82, 2.24) is 15.1 Å². The van der Waals surface area contributed by atoms with Crippen molar-refractivity contribution < 1.29 is 4.79 Å². The molecule has 2 aromatic rings. The van der Waals surface area contributed by atoms with Crippen LogP contribution < -0.4 is 11.1 Å². The number of nitrogens with one attached hydrogen (secondary N) is 1. The van der Waals surface area contributed by atoms with Crippen molar-refractivity contribution >= 4 is 5.91 Å². The summed E-state index contributed by atoms with van der Waals surface area (Å²) in [4.78, 5) is 12.3. The van der Waals surface area contributed by atoms with Crippen LogP contribution in [0.1, 0.15) is 37.8 Å². The summed E-state index contributed by atoms with van der Waals surface area (Å²) < 4.78 is 1.81. The standard InChI is InChI=1S/C17H22N4O/c1-12(20-17(22)14-6-7-15(18)10-14)13-4-2-5-16(11-13)21-9-3-8-19-21/h2-5,8-9,11-12,14-15H,6-7,10,18H2,1H3,(H,20,22). The smallest absolute Gasteiger partial charge is 0.223 e. The lowest BCUT2D eigenvalue weighted by atomic mass is 10.0. The van der Waals surface area contributed by atoms with Crippen molar-refractivity contribution in [2.24, 2.45) is 11.7 Å². The Hall–Kier alpha value is -2.14. The fourth-order valence-corrected chi connectivity index (χ4v) is 3.03. The molecule has 0 spiro atoms. The van der Waals surface area contributed by atoms with Gasteiger partial charge >= 0.3 is 0 Å². The monoisotopic (exact) mass is 298 g/mol. The van der Waals surface area contributed by atoms with Gasteiger partial charge in [-0.3, -0.25) is 4.79 Å². The van der Waals surface area contributed by atoms with Gasteiger partial charge in [0.1, 0.15) is 0 Å². The molecular weight excluding hydrogens is 276 g/mol. The van der Waals surface area contributed by atoms with Crippen LogP contribution in [0.15, 0.2) is 42.7 Å². The van der Waals surface area contributed by atoms with Crippen LogP contribution in [0.3, 0.4) is 0 Å². The molecule has 0 aliphatic heterocycles. The maximum absolute atomic E-state index is 12.3. The van der Waals surface area contributed by atoms with Gasteiger partial charge in [0.2, 0.25) is 5.91 Å². The molecule has 3 atom stereocenters. The lowest BCUT2D eigenvalue weighted by molar-refractivity contribution is -0.125. The van der Waals surface area contributed by atoms with E-state index in [0.717, 1.165) is 30.5 Å². The van der Waals surface area contributed by atoms with Gasteiger partial charge in [-0.05, 0) is 49.9 Å². The van der Waals surface area contributed by atoms with E-state index in [9.17, 15) is 4.79 Å². The molecule has 0 radical (unpaired) electrons. The minimum absolute atomic E-state index is 0.0279. The number of rotatable bonds is 4. The molecule has 1 aliphatic carbocycles. The SMILES string of the molecule is CC(NC(=O)C1CCC(N)C1)c1cccc(-n2cccn2)c1. The Labute approximate surface area is 130 Å². The second kappa shape index (κ2) is 6.32. The number of nitrogens with zero attached hydrogens (tertiary/aromatic N) is 2. The van der Waals surface area contributed by atoms with Gasteiger partial charge in [-0.25, -0.2) is 4.68 Å². The molecule has 0 saturated heterocycles. The Kier molecular flexibility index (Phi) is 4.24. The number of nitrogens with two attached hydrogens (primary N) is 1. The average Bonchev–Trinajstić information content (AvgIpc) is 3.18. The van der Waals surface area contributed by atoms with Gasteiger partial charge < -0.3 is 11.1 Å². The summed E-state index contributed by atoms with van der Waals surface area (Å²) >= 11 is 0. The van der Waals surface area contributed by atoms with Crippen LogP contribution in [0.2, 0.25) is 0 Å². The first-order valence-corrected chi connectivity index (χ1v) is 7.79. The molecule has 1 aromatic carbocycles. The maximum atomic E-state index is 12.3. The van der Waals surface area contributed by atoms with Crippen LogP contribution in [0.5, 0.6) is 0 Å². The van der Waals surface area contributed by atoms with E-state index in [1.165, 1.54) is 0 Å². The Morgan fingerprint density at radius 2 is 2.27 bits per heavy atom. The molecular formula is C17H22N4O. The van der Waals surface area contributed by atoms with Crippen LogP contribution in [-0.2, 0) is 4.79 Å². The topological polar surface area (TPSA) is 72.9 Å². The zero-order valence-electron chi connectivity index (χ0n) is 12.8. The second-order valence-corrected chi connectivity index (χ2v) is 6.05. The number of amides is 1. The highest BCUT2D eigenvalue weighted by molar-refractivity contribution is 5.79. The van der Waals surface area contributed by atoms with E-state index in [-0.39, 0.29) is 23.9 Å². The molecule has 0 bridgehead atoms. The van der Waals surface area contributed by atoms with E-state index in [0.29, 0.717) is 0 Å². The van der Waals surface area contributed by atoms with E-state index < -0.39 is 0 Å². The summed E-state index contributed by atoms with van der Waals surface area (Å²) in [7, 11) is 0. The fourth-order valence-electron chi connectivity index (χ4n) is 3.03. The zero-order chi connectivity index (χ0) is 15.5. The second-order valence-electron chi connectivity index (χ2n) is 6.05. The number of carbonyl (C=O) groups excluding carboxylic acids is 1. The van der Waals surface area contributed by atoms with Crippen LogP contribution in [0, 0.1) is 5.92 Å². The van der Waals surface area contributed by atoms with Gasteiger partial charge in [0.25, 0.3) is 0 Å². The minimum atomic E-state index is -0.0279. The molecule has 1 aliphatic rings. The van der Waals surface area contributed by atoms with Gasteiger partial charge in [0.05, 0.1) is 11.7 Å². The predicted octanol–water partition coefficient (Wildman–Crippen LogP) is 2.18. The molecule has 1 aromatic heterocycles. The highest BCUT2D eigenvalue weighted by Crippen LogP contribution is 2.25. The molecule has 1 fully saturated rings. The van der Waals surface area contributed by atoms with Crippen LogP contribution in [0.4, 0.5) is 0 Å². The average molecular weight is 298 g/mol. The van der Waals surface area contributed by atoms with E-state index >= 15 is 0 Å². The summed E-state index contributed by atoms with van der Waals surface area (Å²) in [5.74, 6) is 0.177. The Bertz CT molecular complexity index is 638. The van der Waals surface area contributed by atoms with Gasteiger partial charge in [-0.15, -0.1) is 0 Å². The first-order valence-electron chi connectivity index (χ1n) is 7.79. The van der Waals surface area contributed by atoms with Gasteiger partial charge in [-0.2, -0.15) is 5.10 Å². The summed E-state index contributed by atoms with van der Waals surface area (Å²) in [5, 5.41) is 7.34. The molecule has 1 heterocycles. The lowest BCUT2D eigenvalue weighted by Gasteiger charge is -2.18. The Balaban J connectivity index is 1.68. The van der Waals surface area contributed by atoms with E-state index in [1.54, 1.807) is 6.20 Å². The van der Waals surface area contributed by atoms with Crippen molar-refractivity contribution in [1.29, 1.82) is 0 Å². The van der Waals surface area contributed by atoms with Crippen molar-refractivity contribution in [3.8, 4) is 5.69 Å². The molecule has 1 saturated carbocycles. The maximum Gasteiger partial charge on any atom is 0.223 e. The van der Waals surface area contributed by atoms with Crippen LogP contribution in [-0.4, -0.2) is 21.7 Å². The quantitative estimate of drug-likeness (QED) is 0.908. The Morgan fingerprint density at radius 1 is 1.41 bits per heavy atom. The number of hydrogen-bond donors (Lipinski definition) is 2.